The summed E-state index contributed by atoms with van der Waals surface area (Å²) in [5.41, 5.74) is 0.607. The van der Waals surface area contributed by atoms with E-state index in [1.54, 1.807) is 12.1 Å². The van der Waals surface area contributed by atoms with E-state index in [9.17, 15) is 14.4 Å². The molecule has 1 aromatic carbocycles. The van der Waals surface area contributed by atoms with Crippen molar-refractivity contribution in [2.75, 3.05) is 31.5 Å². The van der Waals surface area contributed by atoms with Crippen molar-refractivity contribution in [3.05, 3.63) is 29.8 Å². The minimum absolute atomic E-state index is 0.135. The lowest BCUT2D eigenvalue weighted by atomic mass is 9.92. The molecular weight excluding hydrogens is 358 g/mol. The third-order valence-corrected chi connectivity index (χ3v) is 5.75. The van der Waals surface area contributed by atoms with E-state index in [0.29, 0.717) is 31.1 Å². The first-order valence-electron chi connectivity index (χ1n) is 10.2. The number of carboxylic acid groups (broad SMARTS) is 1. The van der Waals surface area contributed by atoms with Crippen molar-refractivity contribution in [2.24, 2.45) is 11.8 Å². The molecule has 0 radical (unpaired) electrons. The van der Waals surface area contributed by atoms with Gasteiger partial charge in [0.15, 0.2) is 0 Å². The van der Waals surface area contributed by atoms with Crippen LogP contribution in [0.1, 0.15) is 48.9 Å². The molecule has 28 heavy (non-hydrogen) atoms. The summed E-state index contributed by atoms with van der Waals surface area (Å²) in [6.45, 7) is 3.22. The Morgan fingerprint density at radius 2 is 1.96 bits per heavy atom. The number of piperidine rings is 2. The van der Waals surface area contributed by atoms with Crippen molar-refractivity contribution < 1.29 is 19.5 Å². The Kier molecular flexibility index (Phi) is 7.03. The van der Waals surface area contributed by atoms with Gasteiger partial charge in [0.05, 0.1) is 11.5 Å². The van der Waals surface area contributed by atoms with Gasteiger partial charge in [-0.2, -0.15) is 0 Å². The fourth-order valence-corrected chi connectivity index (χ4v) is 4.05. The van der Waals surface area contributed by atoms with Gasteiger partial charge in [-0.05, 0) is 69.3 Å². The molecule has 0 spiro atoms. The molecule has 2 aliphatic rings. The highest BCUT2D eigenvalue weighted by atomic mass is 16.4. The number of nitrogens with zero attached hydrogens (tertiary/aromatic N) is 1. The number of nitrogens with one attached hydrogen (secondary N) is 2. The minimum Gasteiger partial charge on any atom is -0.478 e. The lowest BCUT2D eigenvalue weighted by molar-refractivity contribution is -0.134. The predicted molar refractivity (Wildman–Crippen MR) is 106 cm³/mol. The van der Waals surface area contributed by atoms with Crippen LogP contribution in [-0.2, 0) is 9.59 Å². The predicted octanol–water partition coefficient (Wildman–Crippen LogP) is 2.34. The van der Waals surface area contributed by atoms with Gasteiger partial charge in [-0.1, -0.05) is 6.07 Å². The molecule has 2 fully saturated rings. The normalized spacial score (nSPS) is 20.6. The first kappa shape index (κ1) is 20.3. The molecule has 3 rings (SSSR count). The smallest absolute Gasteiger partial charge is 0.335 e. The lowest BCUT2D eigenvalue weighted by Gasteiger charge is -2.32. The summed E-state index contributed by atoms with van der Waals surface area (Å²) in [7, 11) is 0. The van der Waals surface area contributed by atoms with Crippen LogP contribution in [0.25, 0.3) is 0 Å². The van der Waals surface area contributed by atoms with Crippen LogP contribution in [0.2, 0.25) is 0 Å². The van der Waals surface area contributed by atoms with Gasteiger partial charge in [-0.15, -0.1) is 0 Å². The van der Waals surface area contributed by atoms with Gasteiger partial charge >= 0.3 is 5.97 Å². The van der Waals surface area contributed by atoms with Crippen LogP contribution >= 0.6 is 0 Å². The van der Waals surface area contributed by atoms with E-state index in [2.05, 4.69) is 10.6 Å². The Morgan fingerprint density at radius 1 is 1.18 bits per heavy atom. The first-order valence-corrected chi connectivity index (χ1v) is 10.2. The number of benzene rings is 1. The Bertz CT molecular complexity index is 715. The number of likely N-dealkylation sites (tertiary alicyclic amines) is 1. The molecule has 2 saturated heterocycles. The van der Waals surface area contributed by atoms with E-state index < -0.39 is 5.97 Å². The zero-order chi connectivity index (χ0) is 19.9. The van der Waals surface area contributed by atoms with E-state index in [4.69, 9.17) is 5.11 Å². The molecular formula is C21H29N3O4. The summed E-state index contributed by atoms with van der Waals surface area (Å²) < 4.78 is 0. The van der Waals surface area contributed by atoms with E-state index >= 15 is 0 Å². The highest BCUT2D eigenvalue weighted by Crippen LogP contribution is 2.22. The van der Waals surface area contributed by atoms with Gasteiger partial charge in [0.1, 0.15) is 0 Å². The number of carboxylic acids is 1. The van der Waals surface area contributed by atoms with Crippen LogP contribution in [0.3, 0.4) is 0 Å². The van der Waals surface area contributed by atoms with Crippen molar-refractivity contribution in [1.82, 2.24) is 10.2 Å². The second-order valence-electron chi connectivity index (χ2n) is 7.79. The fraction of sp³-hybridized carbons (Fsp3) is 0.571. The van der Waals surface area contributed by atoms with E-state index in [1.807, 2.05) is 4.90 Å². The maximum absolute atomic E-state index is 12.6. The second-order valence-corrected chi connectivity index (χ2v) is 7.79. The van der Waals surface area contributed by atoms with Gasteiger partial charge in [0, 0.05) is 25.2 Å². The minimum atomic E-state index is -1.03. The average Bonchev–Trinajstić information content (AvgIpc) is 2.73. The Balaban J connectivity index is 1.50. The van der Waals surface area contributed by atoms with Crippen LogP contribution in [0, 0.1) is 11.8 Å². The molecule has 2 heterocycles. The summed E-state index contributed by atoms with van der Waals surface area (Å²) in [5.74, 6) is -0.678. The Labute approximate surface area is 165 Å². The SMILES string of the molecule is O=C(O)c1cccc(NC(=O)[C@@H]2CCCN(C(=O)CCC3CCNCC3)C2)c1. The van der Waals surface area contributed by atoms with Crippen molar-refractivity contribution >= 4 is 23.5 Å². The summed E-state index contributed by atoms with van der Waals surface area (Å²) in [6.07, 6.45) is 5.30. The monoisotopic (exact) mass is 387 g/mol. The van der Waals surface area contributed by atoms with Gasteiger partial charge < -0.3 is 20.6 Å². The molecule has 1 aromatic rings. The number of carbonyl (C=O) groups excluding carboxylic acids is 2. The molecule has 0 saturated carbocycles. The molecule has 0 aliphatic carbocycles. The van der Waals surface area contributed by atoms with E-state index in [-0.39, 0.29) is 23.3 Å². The summed E-state index contributed by atoms with van der Waals surface area (Å²) in [4.78, 5) is 38.1. The number of anilines is 1. The zero-order valence-electron chi connectivity index (χ0n) is 16.2. The summed E-state index contributed by atoms with van der Waals surface area (Å²) in [6, 6.07) is 6.22. The average molecular weight is 387 g/mol. The maximum atomic E-state index is 12.6. The number of hydrogen-bond donors (Lipinski definition) is 3. The van der Waals surface area contributed by atoms with Crippen LogP contribution in [0.15, 0.2) is 24.3 Å². The molecule has 7 nitrogen and oxygen atoms in total. The maximum Gasteiger partial charge on any atom is 0.335 e. The molecule has 2 aliphatic heterocycles. The third-order valence-electron chi connectivity index (χ3n) is 5.75. The van der Waals surface area contributed by atoms with Gasteiger partial charge in [0.25, 0.3) is 0 Å². The fourth-order valence-electron chi connectivity index (χ4n) is 4.05. The third kappa shape index (κ3) is 5.55. The van der Waals surface area contributed by atoms with Crippen molar-refractivity contribution in [3.8, 4) is 0 Å². The lowest BCUT2D eigenvalue weighted by Crippen LogP contribution is -2.44. The number of carbonyl (C=O) groups is 3. The standard InChI is InChI=1S/C21H29N3O4/c25-19(7-6-15-8-10-22-11-9-15)24-12-2-4-17(14-24)20(26)23-18-5-1-3-16(13-18)21(27)28/h1,3,5,13,15,17,22H,2,4,6-12,14H2,(H,23,26)(H,27,28)/t17-/m1/s1. The first-order chi connectivity index (χ1) is 13.5. The van der Waals surface area contributed by atoms with E-state index in [0.717, 1.165) is 45.2 Å². The zero-order valence-corrected chi connectivity index (χ0v) is 16.2. The van der Waals surface area contributed by atoms with Crippen LogP contribution in [-0.4, -0.2) is 54.0 Å². The number of hydrogen-bond acceptors (Lipinski definition) is 4. The molecule has 1 atom stereocenters. The number of aromatic carboxylic acids is 1. The van der Waals surface area contributed by atoms with Crippen molar-refractivity contribution in [1.29, 1.82) is 0 Å². The van der Waals surface area contributed by atoms with Gasteiger partial charge in [-0.25, -0.2) is 4.79 Å². The Hall–Kier alpha value is -2.41. The van der Waals surface area contributed by atoms with Crippen molar-refractivity contribution in [2.45, 2.75) is 38.5 Å². The quantitative estimate of drug-likeness (QED) is 0.696. The molecule has 7 heteroatoms. The van der Waals surface area contributed by atoms with Crippen LogP contribution in [0.4, 0.5) is 5.69 Å². The van der Waals surface area contributed by atoms with Gasteiger partial charge in [0.2, 0.25) is 11.8 Å². The second kappa shape index (κ2) is 9.68. The van der Waals surface area contributed by atoms with Crippen LogP contribution < -0.4 is 10.6 Å². The van der Waals surface area contributed by atoms with E-state index in [1.165, 1.54) is 12.1 Å². The van der Waals surface area contributed by atoms with Crippen molar-refractivity contribution in [3.63, 3.8) is 0 Å². The summed E-state index contributed by atoms with van der Waals surface area (Å²) >= 11 is 0. The molecule has 2 amide bonds. The highest BCUT2D eigenvalue weighted by molar-refractivity contribution is 5.95. The molecule has 152 valence electrons. The summed E-state index contributed by atoms with van der Waals surface area (Å²) in [5, 5.41) is 15.2. The topological polar surface area (TPSA) is 98.7 Å². The number of rotatable bonds is 6. The molecule has 0 unspecified atom stereocenters. The molecule has 3 N–H and O–H groups in total. The van der Waals surface area contributed by atoms with Gasteiger partial charge in [-0.3, -0.25) is 9.59 Å². The largest absolute Gasteiger partial charge is 0.478 e. The van der Waals surface area contributed by atoms with Crippen LogP contribution in [0.5, 0.6) is 0 Å². The molecule has 0 aromatic heterocycles. The molecule has 0 bridgehead atoms. The number of amides is 2. The Morgan fingerprint density at radius 3 is 2.71 bits per heavy atom. The highest BCUT2D eigenvalue weighted by Gasteiger charge is 2.28.